The summed E-state index contributed by atoms with van der Waals surface area (Å²) in [5.74, 6) is -0.0175. The van der Waals surface area contributed by atoms with E-state index in [9.17, 15) is 9.90 Å². The van der Waals surface area contributed by atoms with Crippen LogP contribution in [0.15, 0.2) is 60.7 Å². The molecule has 0 spiro atoms. The first kappa shape index (κ1) is 15.5. The molecular weight excluding hydrogens is 286 g/mol. The van der Waals surface area contributed by atoms with Crippen molar-refractivity contribution in [3.63, 3.8) is 0 Å². The van der Waals surface area contributed by atoms with Crippen LogP contribution in [-0.2, 0) is 0 Å². The molecule has 0 bridgehead atoms. The van der Waals surface area contributed by atoms with Crippen LogP contribution in [0.25, 0.3) is 0 Å². The number of alkyl halides is 1. The van der Waals surface area contributed by atoms with Crippen molar-refractivity contribution in [3.8, 4) is 0 Å². The third-order valence-electron chi connectivity index (χ3n) is 3.23. The first-order valence-electron chi connectivity index (χ1n) is 6.85. The number of aliphatic hydroxyl groups is 1. The molecule has 2 N–H and O–H groups in total. The van der Waals surface area contributed by atoms with Gasteiger partial charge in [-0.05, 0) is 24.1 Å². The molecule has 1 amide bonds. The fourth-order valence-corrected chi connectivity index (χ4v) is 2.26. The van der Waals surface area contributed by atoms with E-state index in [1.54, 1.807) is 12.1 Å². The van der Waals surface area contributed by atoms with E-state index in [2.05, 4.69) is 5.32 Å². The van der Waals surface area contributed by atoms with E-state index in [1.165, 1.54) is 0 Å². The Hall–Kier alpha value is -1.84. The van der Waals surface area contributed by atoms with E-state index in [-0.39, 0.29) is 17.8 Å². The lowest BCUT2D eigenvalue weighted by Crippen LogP contribution is -2.31. The number of amides is 1. The fourth-order valence-electron chi connectivity index (χ4n) is 2.13. The average molecular weight is 304 g/mol. The molecule has 2 rings (SSSR count). The van der Waals surface area contributed by atoms with Gasteiger partial charge < -0.3 is 10.4 Å². The summed E-state index contributed by atoms with van der Waals surface area (Å²) in [6.45, 7) is 0. The lowest BCUT2D eigenvalue weighted by Gasteiger charge is -2.21. The molecule has 21 heavy (non-hydrogen) atoms. The highest BCUT2D eigenvalue weighted by Gasteiger charge is 2.18. The van der Waals surface area contributed by atoms with Crippen LogP contribution in [-0.4, -0.2) is 23.0 Å². The molecule has 0 heterocycles. The van der Waals surface area contributed by atoms with Crippen molar-refractivity contribution >= 4 is 17.5 Å². The second kappa shape index (κ2) is 7.81. The molecule has 2 atom stereocenters. The zero-order valence-corrected chi connectivity index (χ0v) is 12.3. The number of rotatable bonds is 6. The number of carbonyl (C=O) groups excluding carboxylic acids is 1. The molecule has 2 aromatic carbocycles. The maximum Gasteiger partial charge on any atom is 0.251 e. The van der Waals surface area contributed by atoms with Crippen LogP contribution in [0.1, 0.15) is 28.4 Å². The first-order valence-corrected chi connectivity index (χ1v) is 7.39. The Balaban J connectivity index is 2.14. The van der Waals surface area contributed by atoms with Crippen molar-refractivity contribution < 1.29 is 9.90 Å². The molecule has 0 saturated carbocycles. The van der Waals surface area contributed by atoms with Gasteiger partial charge in [0.2, 0.25) is 0 Å². The van der Waals surface area contributed by atoms with Gasteiger partial charge in [0.1, 0.15) is 0 Å². The molecular formula is C17H18ClNO2. The van der Waals surface area contributed by atoms with Crippen molar-refractivity contribution in [1.29, 1.82) is 0 Å². The van der Waals surface area contributed by atoms with Gasteiger partial charge in [0.25, 0.3) is 5.91 Å². The first-order chi connectivity index (χ1) is 10.2. The minimum Gasteiger partial charge on any atom is -0.392 e. The Morgan fingerprint density at radius 2 is 1.62 bits per heavy atom. The van der Waals surface area contributed by atoms with Gasteiger partial charge in [-0.1, -0.05) is 48.5 Å². The largest absolute Gasteiger partial charge is 0.392 e. The van der Waals surface area contributed by atoms with Gasteiger partial charge in [0.15, 0.2) is 0 Å². The highest BCUT2D eigenvalue weighted by molar-refractivity contribution is 6.18. The van der Waals surface area contributed by atoms with Crippen LogP contribution in [0.3, 0.4) is 0 Å². The topological polar surface area (TPSA) is 49.3 Å². The smallest absolute Gasteiger partial charge is 0.251 e. The number of hydrogen-bond donors (Lipinski definition) is 2. The predicted octanol–water partition coefficient (Wildman–Crippen LogP) is 3.15. The van der Waals surface area contributed by atoms with Crippen molar-refractivity contribution in [2.45, 2.75) is 18.6 Å². The Morgan fingerprint density at radius 1 is 1.05 bits per heavy atom. The van der Waals surface area contributed by atoms with E-state index in [4.69, 9.17) is 11.6 Å². The van der Waals surface area contributed by atoms with E-state index < -0.39 is 6.10 Å². The highest BCUT2D eigenvalue weighted by atomic mass is 35.5. The SMILES string of the molecule is O=C(N[C@H](C[C@@H](O)CCl)c1ccccc1)c1ccccc1. The maximum atomic E-state index is 12.3. The molecule has 0 aliphatic heterocycles. The minimum atomic E-state index is -0.659. The third kappa shape index (κ3) is 4.59. The normalized spacial score (nSPS) is 13.4. The molecule has 0 saturated heterocycles. The zero-order valence-electron chi connectivity index (χ0n) is 11.6. The number of nitrogens with one attached hydrogen (secondary N) is 1. The molecule has 4 heteroatoms. The van der Waals surface area contributed by atoms with Gasteiger partial charge >= 0.3 is 0 Å². The highest BCUT2D eigenvalue weighted by Crippen LogP contribution is 2.19. The monoisotopic (exact) mass is 303 g/mol. The molecule has 0 unspecified atom stereocenters. The molecule has 2 aromatic rings. The van der Waals surface area contributed by atoms with Crippen LogP contribution in [0, 0.1) is 0 Å². The number of halogens is 1. The van der Waals surface area contributed by atoms with Crippen molar-refractivity contribution in [2.24, 2.45) is 0 Å². The molecule has 0 aromatic heterocycles. The molecule has 0 radical (unpaired) electrons. The summed E-state index contributed by atoms with van der Waals surface area (Å²) in [5.41, 5.74) is 1.55. The van der Waals surface area contributed by atoms with Crippen LogP contribution >= 0.6 is 11.6 Å². The van der Waals surface area contributed by atoms with Gasteiger partial charge in [-0.25, -0.2) is 0 Å². The van der Waals surface area contributed by atoms with Gasteiger partial charge in [0, 0.05) is 11.4 Å². The summed E-state index contributed by atoms with van der Waals surface area (Å²) in [7, 11) is 0. The summed E-state index contributed by atoms with van der Waals surface area (Å²) >= 11 is 5.67. The van der Waals surface area contributed by atoms with Crippen LogP contribution in [0.2, 0.25) is 0 Å². The van der Waals surface area contributed by atoms with Gasteiger partial charge in [-0.3, -0.25) is 4.79 Å². The third-order valence-corrected chi connectivity index (χ3v) is 3.59. The lowest BCUT2D eigenvalue weighted by atomic mass is 10.0. The summed E-state index contributed by atoms with van der Waals surface area (Å²) in [6.07, 6.45) is -0.278. The standard InChI is InChI=1S/C17H18ClNO2/c18-12-15(20)11-16(13-7-3-1-4-8-13)19-17(21)14-9-5-2-6-10-14/h1-10,15-16,20H,11-12H2,(H,19,21)/t15-,16-/m1/s1. The summed E-state index contributed by atoms with van der Waals surface area (Å²) in [4.78, 5) is 12.3. The predicted molar refractivity (Wildman–Crippen MR) is 84.4 cm³/mol. The molecule has 110 valence electrons. The second-order valence-electron chi connectivity index (χ2n) is 4.85. The molecule has 0 fully saturated rings. The van der Waals surface area contributed by atoms with Crippen molar-refractivity contribution in [3.05, 3.63) is 71.8 Å². The summed E-state index contributed by atoms with van der Waals surface area (Å²) in [5, 5.41) is 12.7. The minimum absolute atomic E-state index is 0.143. The average Bonchev–Trinajstić information content (AvgIpc) is 2.55. The van der Waals surface area contributed by atoms with Crippen molar-refractivity contribution in [1.82, 2.24) is 5.32 Å². The van der Waals surface area contributed by atoms with Crippen LogP contribution in [0.4, 0.5) is 0 Å². The number of aliphatic hydroxyl groups excluding tert-OH is 1. The summed E-state index contributed by atoms with van der Waals surface area (Å²) in [6, 6.07) is 18.3. The van der Waals surface area contributed by atoms with E-state index in [0.717, 1.165) is 5.56 Å². The lowest BCUT2D eigenvalue weighted by molar-refractivity contribution is 0.0917. The van der Waals surface area contributed by atoms with Crippen molar-refractivity contribution in [2.75, 3.05) is 5.88 Å². The quantitative estimate of drug-likeness (QED) is 0.805. The Bertz CT molecular complexity index is 560. The zero-order chi connectivity index (χ0) is 15.1. The van der Waals surface area contributed by atoms with Crippen LogP contribution < -0.4 is 5.32 Å². The Morgan fingerprint density at radius 3 is 2.19 bits per heavy atom. The summed E-state index contributed by atoms with van der Waals surface area (Å²) < 4.78 is 0. The second-order valence-corrected chi connectivity index (χ2v) is 5.16. The van der Waals surface area contributed by atoms with E-state index in [1.807, 2.05) is 48.5 Å². The Labute approximate surface area is 129 Å². The van der Waals surface area contributed by atoms with Crippen LogP contribution in [0.5, 0.6) is 0 Å². The van der Waals surface area contributed by atoms with Gasteiger partial charge in [0.05, 0.1) is 12.1 Å². The van der Waals surface area contributed by atoms with Gasteiger partial charge in [-0.2, -0.15) is 0 Å². The fraction of sp³-hybridized carbons (Fsp3) is 0.235. The number of hydrogen-bond acceptors (Lipinski definition) is 2. The Kier molecular flexibility index (Phi) is 5.78. The maximum absolute atomic E-state index is 12.3. The van der Waals surface area contributed by atoms with E-state index >= 15 is 0 Å². The molecule has 3 nitrogen and oxygen atoms in total. The molecule has 0 aliphatic rings. The molecule has 0 aliphatic carbocycles. The van der Waals surface area contributed by atoms with E-state index in [0.29, 0.717) is 12.0 Å². The number of carbonyl (C=O) groups is 1. The number of benzene rings is 2. The van der Waals surface area contributed by atoms with Gasteiger partial charge in [-0.15, -0.1) is 11.6 Å².